The summed E-state index contributed by atoms with van der Waals surface area (Å²) in [6, 6.07) is 0. The van der Waals surface area contributed by atoms with Crippen LogP contribution in [-0.2, 0) is 4.74 Å². The number of rotatable bonds is 9. The third-order valence-corrected chi connectivity index (χ3v) is 1.39. The van der Waals surface area contributed by atoms with Crippen LogP contribution in [0.25, 0.3) is 0 Å². The quantitative estimate of drug-likeness (QED) is 0.410. The van der Waals surface area contributed by atoms with Crippen molar-refractivity contribution in [1.82, 2.24) is 5.32 Å². The largest absolute Gasteiger partial charge is 0.396 e. The number of aliphatic hydroxyl groups excluding tert-OH is 2. The molecule has 0 fully saturated rings. The number of aliphatic hydroxyl groups is 2. The second kappa shape index (κ2) is 10.8. The Bertz CT molecular complexity index is 70.7. The van der Waals surface area contributed by atoms with Crippen molar-refractivity contribution in [3.05, 3.63) is 0 Å². The average Bonchev–Trinajstić information content (AvgIpc) is 2.10. The molecule has 0 rings (SSSR count). The summed E-state index contributed by atoms with van der Waals surface area (Å²) in [5, 5.41) is 20.0. The predicted octanol–water partition coefficient (Wildman–Crippen LogP) is -0.643. The van der Waals surface area contributed by atoms with Gasteiger partial charge in [0.2, 0.25) is 0 Å². The fourth-order valence-electron chi connectivity index (χ4n) is 0.795. The predicted molar refractivity (Wildman–Crippen MR) is 47.1 cm³/mol. The van der Waals surface area contributed by atoms with Gasteiger partial charge in [0.25, 0.3) is 0 Å². The highest BCUT2D eigenvalue weighted by Gasteiger charge is 1.88. The van der Waals surface area contributed by atoms with Crippen molar-refractivity contribution in [1.29, 1.82) is 0 Å². The Labute approximate surface area is 73.5 Å². The van der Waals surface area contributed by atoms with Crippen LogP contribution in [-0.4, -0.2) is 49.7 Å². The maximum Gasteiger partial charge on any atom is 0.0697 e. The molecule has 12 heavy (non-hydrogen) atoms. The summed E-state index contributed by atoms with van der Waals surface area (Å²) < 4.78 is 5.05. The summed E-state index contributed by atoms with van der Waals surface area (Å²) in [5.74, 6) is 0. The van der Waals surface area contributed by atoms with E-state index in [9.17, 15) is 0 Å². The first-order valence-corrected chi connectivity index (χ1v) is 4.42. The van der Waals surface area contributed by atoms with Gasteiger partial charge >= 0.3 is 0 Å². The lowest BCUT2D eigenvalue weighted by Crippen LogP contribution is -2.19. The van der Waals surface area contributed by atoms with Crippen molar-refractivity contribution in [2.45, 2.75) is 12.8 Å². The van der Waals surface area contributed by atoms with Gasteiger partial charge in [-0.2, -0.15) is 0 Å². The smallest absolute Gasteiger partial charge is 0.0697 e. The first-order chi connectivity index (χ1) is 5.91. The summed E-state index contributed by atoms with van der Waals surface area (Å²) in [6.45, 7) is 3.22. The lowest BCUT2D eigenvalue weighted by atomic mass is 10.4. The van der Waals surface area contributed by atoms with Crippen molar-refractivity contribution in [3.63, 3.8) is 0 Å². The molecule has 0 aromatic carbocycles. The molecule has 4 nitrogen and oxygen atoms in total. The van der Waals surface area contributed by atoms with E-state index >= 15 is 0 Å². The molecule has 0 atom stereocenters. The van der Waals surface area contributed by atoms with E-state index in [4.69, 9.17) is 14.9 Å². The highest BCUT2D eigenvalue weighted by Crippen LogP contribution is 1.80. The molecule has 3 N–H and O–H groups in total. The van der Waals surface area contributed by atoms with Gasteiger partial charge in [-0.05, 0) is 25.9 Å². The van der Waals surface area contributed by atoms with Crippen molar-refractivity contribution in [2.24, 2.45) is 0 Å². The molecule has 0 amide bonds. The molecule has 74 valence electrons. The number of nitrogens with one attached hydrogen (secondary N) is 1. The molecule has 0 heterocycles. The third-order valence-electron chi connectivity index (χ3n) is 1.39. The van der Waals surface area contributed by atoms with Crippen LogP contribution in [0.3, 0.4) is 0 Å². The van der Waals surface area contributed by atoms with Gasteiger partial charge in [-0.1, -0.05) is 0 Å². The zero-order valence-corrected chi connectivity index (χ0v) is 7.46. The fraction of sp³-hybridized carbons (Fsp3) is 1.00. The van der Waals surface area contributed by atoms with Gasteiger partial charge in [-0.15, -0.1) is 0 Å². The van der Waals surface area contributed by atoms with Crippen LogP contribution in [0, 0.1) is 0 Å². The first kappa shape index (κ1) is 11.8. The normalized spacial score (nSPS) is 10.5. The summed E-state index contributed by atoms with van der Waals surface area (Å²) in [7, 11) is 0. The minimum absolute atomic E-state index is 0.0952. The summed E-state index contributed by atoms with van der Waals surface area (Å²) in [6.07, 6.45) is 1.75. The van der Waals surface area contributed by atoms with Crippen molar-refractivity contribution in [2.75, 3.05) is 39.5 Å². The Kier molecular flexibility index (Phi) is 10.7. The zero-order chi connectivity index (χ0) is 9.07. The highest BCUT2D eigenvalue weighted by molar-refractivity contribution is 4.46. The fourth-order valence-corrected chi connectivity index (χ4v) is 0.795. The van der Waals surface area contributed by atoms with Crippen molar-refractivity contribution < 1.29 is 14.9 Å². The van der Waals surface area contributed by atoms with E-state index in [1.807, 2.05) is 0 Å². The van der Waals surface area contributed by atoms with E-state index in [-0.39, 0.29) is 13.2 Å². The van der Waals surface area contributed by atoms with Crippen LogP contribution < -0.4 is 5.32 Å². The molecule has 0 radical (unpaired) electrons. The molecule has 4 heteroatoms. The molecule has 0 aliphatic heterocycles. The van der Waals surface area contributed by atoms with Crippen molar-refractivity contribution in [3.8, 4) is 0 Å². The minimum Gasteiger partial charge on any atom is -0.396 e. The van der Waals surface area contributed by atoms with Gasteiger partial charge in [0.1, 0.15) is 0 Å². The van der Waals surface area contributed by atoms with Gasteiger partial charge in [0, 0.05) is 13.2 Å². The highest BCUT2D eigenvalue weighted by atomic mass is 16.5. The van der Waals surface area contributed by atoms with Gasteiger partial charge < -0.3 is 20.3 Å². The molecule has 0 saturated carbocycles. The summed E-state index contributed by atoms with van der Waals surface area (Å²) in [4.78, 5) is 0. The molecule has 0 aromatic heterocycles. The zero-order valence-electron chi connectivity index (χ0n) is 7.46. The molecule has 0 aromatic rings. The molecule has 0 bridgehead atoms. The van der Waals surface area contributed by atoms with E-state index in [0.29, 0.717) is 13.2 Å². The molecule has 0 unspecified atom stereocenters. The third kappa shape index (κ3) is 9.84. The topological polar surface area (TPSA) is 61.7 Å². The van der Waals surface area contributed by atoms with Crippen LogP contribution >= 0.6 is 0 Å². The van der Waals surface area contributed by atoms with Gasteiger partial charge in [0.15, 0.2) is 0 Å². The van der Waals surface area contributed by atoms with Crippen LogP contribution in [0.15, 0.2) is 0 Å². The molecular weight excluding hydrogens is 158 g/mol. The van der Waals surface area contributed by atoms with Crippen LogP contribution in [0.1, 0.15) is 12.8 Å². The number of ether oxygens (including phenoxy) is 1. The van der Waals surface area contributed by atoms with Crippen molar-refractivity contribution >= 4 is 0 Å². The maximum atomic E-state index is 8.45. The summed E-state index contributed by atoms with van der Waals surface area (Å²) in [5.41, 5.74) is 0. The Morgan fingerprint density at radius 2 is 1.67 bits per heavy atom. The van der Waals surface area contributed by atoms with Gasteiger partial charge in [0.05, 0.1) is 13.2 Å². The lowest BCUT2D eigenvalue weighted by molar-refractivity contribution is 0.0907. The second-order valence-corrected chi connectivity index (χ2v) is 2.52. The van der Waals surface area contributed by atoms with Crippen LogP contribution in [0.4, 0.5) is 0 Å². The summed E-state index contributed by atoms with van der Waals surface area (Å²) >= 11 is 0. The standard InChI is InChI=1S/C8H19NO3/c10-5-1-3-9-4-2-7-12-8-6-11/h9-11H,1-8H2. The molecule has 0 aliphatic rings. The first-order valence-electron chi connectivity index (χ1n) is 4.42. The van der Waals surface area contributed by atoms with E-state index in [1.54, 1.807) is 0 Å². The second-order valence-electron chi connectivity index (χ2n) is 2.52. The maximum absolute atomic E-state index is 8.45. The molecule has 0 spiro atoms. The molecule has 0 saturated heterocycles. The Balaban J connectivity index is 2.73. The molecular formula is C8H19NO3. The average molecular weight is 177 g/mol. The number of hydrogen-bond donors (Lipinski definition) is 3. The Hall–Kier alpha value is -0.160. The molecule has 0 aliphatic carbocycles. The van der Waals surface area contributed by atoms with Crippen LogP contribution in [0.2, 0.25) is 0 Å². The van der Waals surface area contributed by atoms with E-state index in [1.165, 1.54) is 0 Å². The van der Waals surface area contributed by atoms with Gasteiger partial charge in [-0.3, -0.25) is 0 Å². The SMILES string of the molecule is OCCCNCCCOCCO. The minimum atomic E-state index is 0.0952. The van der Waals surface area contributed by atoms with E-state index < -0.39 is 0 Å². The Morgan fingerprint density at radius 3 is 2.33 bits per heavy atom. The number of hydrogen-bond acceptors (Lipinski definition) is 4. The van der Waals surface area contributed by atoms with E-state index in [0.717, 1.165) is 25.9 Å². The van der Waals surface area contributed by atoms with Crippen LogP contribution in [0.5, 0.6) is 0 Å². The monoisotopic (exact) mass is 177 g/mol. The Morgan fingerprint density at radius 1 is 0.917 bits per heavy atom. The lowest BCUT2D eigenvalue weighted by Gasteiger charge is -2.03. The van der Waals surface area contributed by atoms with E-state index in [2.05, 4.69) is 5.32 Å². The van der Waals surface area contributed by atoms with Gasteiger partial charge in [-0.25, -0.2) is 0 Å².